The highest BCUT2D eigenvalue weighted by atomic mass is 16.4. The number of unbranched alkanes of at least 4 members (excludes halogenated alkanes) is 14. The first-order chi connectivity index (χ1) is 14.1. The van der Waals surface area contributed by atoms with Crippen molar-refractivity contribution in [2.24, 2.45) is 0 Å². The molecule has 4 nitrogen and oxygen atoms in total. The van der Waals surface area contributed by atoms with Gasteiger partial charge in [-0.05, 0) is 32.1 Å². The van der Waals surface area contributed by atoms with Gasteiger partial charge in [-0.25, -0.2) is 0 Å². The molecule has 0 aliphatic rings. The standard InChI is InChI=1S/C25H50O4/c1-2-3-15-18-23(26)21-22-24(27)19-16-13-11-9-7-5-4-6-8-10-12-14-17-20-25(28)29/h23-24,26-27H,2-22H2,1H3,(H,28,29). The smallest absolute Gasteiger partial charge is 0.303 e. The fourth-order valence-electron chi connectivity index (χ4n) is 3.90. The molecule has 0 fully saturated rings. The highest BCUT2D eigenvalue weighted by Gasteiger charge is 2.09. The van der Waals surface area contributed by atoms with E-state index in [1.165, 1.54) is 77.0 Å². The van der Waals surface area contributed by atoms with E-state index >= 15 is 0 Å². The molecule has 3 N–H and O–H groups in total. The van der Waals surface area contributed by atoms with E-state index in [-0.39, 0.29) is 12.2 Å². The van der Waals surface area contributed by atoms with E-state index in [1.54, 1.807) is 0 Å². The number of carboxylic acids is 1. The molecule has 0 bridgehead atoms. The minimum Gasteiger partial charge on any atom is -0.481 e. The third-order valence-corrected chi connectivity index (χ3v) is 5.90. The molecule has 0 aromatic rings. The molecule has 2 atom stereocenters. The second kappa shape index (κ2) is 22.1. The number of aliphatic hydroxyl groups is 2. The average Bonchev–Trinajstić information content (AvgIpc) is 2.69. The van der Waals surface area contributed by atoms with Gasteiger partial charge in [0.2, 0.25) is 0 Å². The summed E-state index contributed by atoms with van der Waals surface area (Å²) in [6.45, 7) is 2.17. The Kier molecular flexibility index (Phi) is 21.6. The van der Waals surface area contributed by atoms with E-state index < -0.39 is 5.97 Å². The SMILES string of the molecule is CCCCCC(O)CCC(O)CCCCCCCCCCCCCCCC(=O)O. The van der Waals surface area contributed by atoms with E-state index in [0.717, 1.165) is 51.4 Å². The number of carbonyl (C=O) groups is 1. The second-order valence-corrected chi connectivity index (χ2v) is 8.91. The van der Waals surface area contributed by atoms with E-state index in [9.17, 15) is 15.0 Å². The zero-order valence-corrected chi connectivity index (χ0v) is 19.3. The summed E-state index contributed by atoms with van der Waals surface area (Å²) < 4.78 is 0. The summed E-state index contributed by atoms with van der Waals surface area (Å²) in [5.74, 6) is -0.672. The van der Waals surface area contributed by atoms with Gasteiger partial charge in [-0.1, -0.05) is 103 Å². The lowest BCUT2D eigenvalue weighted by Crippen LogP contribution is -2.13. The van der Waals surface area contributed by atoms with Gasteiger partial charge in [0.25, 0.3) is 0 Å². The van der Waals surface area contributed by atoms with Crippen molar-refractivity contribution < 1.29 is 20.1 Å². The lowest BCUT2D eigenvalue weighted by Gasteiger charge is -2.14. The van der Waals surface area contributed by atoms with Crippen molar-refractivity contribution in [2.45, 2.75) is 154 Å². The minimum atomic E-state index is -0.672. The number of aliphatic carboxylic acids is 1. The zero-order valence-electron chi connectivity index (χ0n) is 19.3. The monoisotopic (exact) mass is 414 g/mol. The molecule has 0 aromatic carbocycles. The van der Waals surface area contributed by atoms with Crippen molar-refractivity contribution in [3.63, 3.8) is 0 Å². The first-order valence-electron chi connectivity index (χ1n) is 12.6. The van der Waals surface area contributed by atoms with E-state index in [2.05, 4.69) is 6.92 Å². The first kappa shape index (κ1) is 28.4. The van der Waals surface area contributed by atoms with E-state index in [0.29, 0.717) is 6.42 Å². The maximum atomic E-state index is 10.4. The Bertz CT molecular complexity index is 346. The molecule has 0 rings (SSSR count). The zero-order chi connectivity index (χ0) is 21.6. The summed E-state index contributed by atoms with van der Waals surface area (Å²) >= 11 is 0. The quantitative estimate of drug-likeness (QED) is 0.157. The Morgan fingerprint density at radius 3 is 1.28 bits per heavy atom. The summed E-state index contributed by atoms with van der Waals surface area (Å²) in [5, 5.41) is 28.5. The molecule has 0 aliphatic carbocycles. The summed E-state index contributed by atoms with van der Waals surface area (Å²) in [7, 11) is 0. The van der Waals surface area contributed by atoms with Crippen LogP contribution < -0.4 is 0 Å². The van der Waals surface area contributed by atoms with Crippen molar-refractivity contribution in [3.8, 4) is 0 Å². The molecule has 29 heavy (non-hydrogen) atoms. The molecule has 2 unspecified atom stereocenters. The molecule has 4 heteroatoms. The second-order valence-electron chi connectivity index (χ2n) is 8.91. The highest BCUT2D eigenvalue weighted by molar-refractivity contribution is 5.66. The highest BCUT2D eigenvalue weighted by Crippen LogP contribution is 2.16. The average molecular weight is 415 g/mol. The summed E-state index contributed by atoms with van der Waals surface area (Å²) in [4.78, 5) is 10.4. The number of carboxylic acid groups (broad SMARTS) is 1. The molecular weight excluding hydrogens is 364 g/mol. The molecular formula is C25H50O4. The molecule has 174 valence electrons. The molecule has 0 saturated heterocycles. The van der Waals surface area contributed by atoms with Gasteiger partial charge in [0.05, 0.1) is 12.2 Å². The van der Waals surface area contributed by atoms with Crippen molar-refractivity contribution in [2.75, 3.05) is 0 Å². The van der Waals surface area contributed by atoms with Gasteiger partial charge in [0.1, 0.15) is 0 Å². The van der Waals surface area contributed by atoms with Gasteiger partial charge in [0.15, 0.2) is 0 Å². The third kappa shape index (κ3) is 23.5. The number of rotatable bonds is 23. The fourth-order valence-corrected chi connectivity index (χ4v) is 3.90. The summed E-state index contributed by atoms with van der Waals surface area (Å²) in [5.41, 5.74) is 0. The summed E-state index contributed by atoms with van der Waals surface area (Å²) in [6.07, 6.45) is 22.4. The molecule has 0 spiro atoms. The number of aliphatic hydroxyl groups excluding tert-OH is 2. The maximum Gasteiger partial charge on any atom is 0.303 e. The van der Waals surface area contributed by atoms with Crippen LogP contribution >= 0.6 is 0 Å². The number of hydrogen-bond acceptors (Lipinski definition) is 3. The normalized spacial score (nSPS) is 13.5. The largest absolute Gasteiger partial charge is 0.481 e. The van der Waals surface area contributed by atoms with Crippen LogP contribution in [0.2, 0.25) is 0 Å². The van der Waals surface area contributed by atoms with Gasteiger partial charge < -0.3 is 15.3 Å². The maximum absolute atomic E-state index is 10.4. The van der Waals surface area contributed by atoms with Crippen LogP contribution in [0.1, 0.15) is 142 Å². The Balaban J connectivity index is 3.21. The van der Waals surface area contributed by atoms with Crippen LogP contribution in [-0.4, -0.2) is 33.5 Å². The fraction of sp³-hybridized carbons (Fsp3) is 0.960. The van der Waals surface area contributed by atoms with Crippen LogP contribution in [0.3, 0.4) is 0 Å². The topological polar surface area (TPSA) is 77.8 Å². The molecule has 0 aliphatic heterocycles. The van der Waals surface area contributed by atoms with Gasteiger partial charge in [0, 0.05) is 6.42 Å². The Labute approximate surface area is 180 Å². The Morgan fingerprint density at radius 1 is 0.552 bits per heavy atom. The van der Waals surface area contributed by atoms with Crippen LogP contribution in [0, 0.1) is 0 Å². The number of hydrogen-bond donors (Lipinski definition) is 3. The summed E-state index contributed by atoms with van der Waals surface area (Å²) in [6, 6.07) is 0. The molecule has 0 aromatic heterocycles. The van der Waals surface area contributed by atoms with Crippen molar-refractivity contribution in [1.82, 2.24) is 0 Å². The predicted octanol–water partition coefficient (Wildman–Crippen LogP) is 7.00. The third-order valence-electron chi connectivity index (χ3n) is 5.90. The van der Waals surface area contributed by atoms with Gasteiger partial charge >= 0.3 is 5.97 Å². The Morgan fingerprint density at radius 2 is 0.897 bits per heavy atom. The molecule has 0 heterocycles. The van der Waals surface area contributed by atoms with Gasteiger partial charge in [-0.15, -0.1) is 0 Å². The van der Waals surface area contributed by atoms with E-state index in [4.69, 9.17) is 5.11 Å². The van der Waals surface area contributed by atoms with Crippen molar-refractivity contribution >= 4 is 5.97 Å². The minimum absolute atomic E-state index is 0.229. The van der Waals surface area contributed by atoms with Crippen LogP contribution in [-0.2, 0) is 4.79 Å². The lowest BCUT2D eigenvalue weighted by molar-refractivity contribution is -0.137. The van der Waals surface area contributed by atoms with Crippen LogP contribution in [0.5, 0.6) is 0 Å². The predicted molar refractivity (Wildman–Crippen MR) is 122 cm³/mol. The van der Waals surface area contributed by atoms with Crippen LogP contribution in [0.15, 0.2) is 0 Å². The van der Waals surface area contributed by atoms with Gasteiger partial charge in [-0.3, -0.25) is 4.79 Å². The Hall–Kier alpha value is -0.610. The molecule has 0 radical (unpaired) electrons. The van der Waals surface area contributed by atoms with E-state index in [1.807, 2.05) is 0 Å². The first-order valence-corrected chi connectivity index (χ1v) is 12.6. The van der Waals surface area contributed by atoms with Crippen LogP contribution in [0.25, 0.3) is 0 Å². The van der Waals surface area contributed by atoms with Crippen molar-refractivity contribution in [1.29, 1.82) is 0 Å². The van der Waals surface area contributed by atoms with Crippen LogP contribution in [0.4, 0.5) is 0 Å². The molecule has 0 amide bonds. The molecule has 0 saturated carbocycles. The van der Waals surface area contributed by atoms with Gasteiger partial charge in [-0.2, -0.15) is 0 Å². The van der Waals surface area contributed by atoms with Crippen molar-refractivity contribution in [3.05, 3.63) is 0 Å². The lowest BCUT2D eigenvalue weighted by atomic mass is 10.0.